The van der Waals surface area contributed by atoms with Crippen molar-refractivity contribution >= 4 is 47.3 Å². The van der Waals surface area contributed by atoms with Gasteiger partial charge < -0.3 is 18.6 Å². The van der Waals surface area contributed by atoms with Crippen LogP contribution in [-0.4, -0.2) is 56.8 Å². The molecule has 0 aromatic heterocycles. The number of carbonyl (C=O) groups is 1. The van der Waals surface area contributed by atoms with Crippen molar-refractivity contribution in [2.45, 2.75) is 64.1 Å². The first-order valence-electron chi connectivity index (χ1n) is 13.8. The lowest BCUT2D eigenvalue weighted by atomic mass is 9.75. The van der Waals surface area contributed by atoms with E-state index in [0.717, 1.165) is 4.43 Å². The molecule has 0 bridgehead atoms. The van der Waals surface area contributed by atoms with Crippen LogP contribution in [0.5, 0.6) is 0 Å². The molecular formula is C33H41IO5Si. The van der Waals surface area contributed by atoms with Gasteiger partial charge in [-0.1, -0.05) is 136 Å². The van der Waals surface area contributed by atoms with E-state index in [4.69, 9.17) is 18.6 Å². The largest absolute Gasteiger partial charge is 0.453 e. The number of carbonyl (C=O) groups excluding carboxylic acids is 1. The molecule has 40 heavy (non-hydrogen) atoms. The molecule has 0 radical (unpaired) electrons. The Bertz CT molecular complexity index is 1190. The lowest BCUT2D eigenvalue weighted by Crippen LogP contribution is -2.68. The number of alkyl halides is 1. The highest BCUT2D eigenvalue weighted by molar-refractivity contribution is 14.1. The summed E-state index contributed by atoms with van der Waals surface area (Å²) in [7, 11) is -1.14. The Morgan fingerprint density at radius 2 is 1.40 bits per heavy atom. The Kier molecular flexibility index (Phi) is 9.94. The van der Waals surface area contributed by atoms with Gasteiger partial charge in [-0.2, -0.15) is 0 Å². The average Bonchev–Trinajstić information content (AvgIpc) is 2.95. The smallest absolute Gasteiger partial charge is 0.338 e. The van der Waals surface area contributed by atoms with Crippen LogP contribution in [-0.2, 0) is 18.6 Å². The first-order chi connectivity index (χ1) is 19.1. The average molecular weight is 673 g/mol. The van der Waals surface area contributed by atoms with Crippen LogP contribution in [0.15, 0.2) is 91.0 Å². The van der Waals surface area contributed by atoms with E-state index in [2.05, 4.69) is 106 Å². The standard InChI is InChI=1S/C33H41IO5Si/c1-32(2,3)40(25-18-12-8-13-19-25,26-20-14-9-15-21-26)37-23-27-29(39-31(35)24-16-10-7-11-17-24)30(36-6)33(4,5)28(22-34)38-27/h7-21,27-30H,22-23H2,1-6H3/t27-,28+,29+,30-/m1/s1. The van der Waals surface area contributed by atoms with E-state index < -0.39 is 26.5 Å². The zero-order valence-electron chi connectivity index (χ0n) is 24.3. The first kappa shape index (κ1) is 30.9. The molecule has 0 unspecified atom stereocenters. The van der Waals surface area contributed by atoms with E-state index in [1.807, 2.05) is 30.3 Å². The lowest BCUT2D eigenvalue weighted by Gasteiger charge is -2.51. The Labute approximate surface area is 253 Å². The molecule has 1 fully saturated rings. The van der Waals surface area contributed by atoms with E-state index in [0.29, 0.717) is 5.56 Å². The second kappa shape index (κ2) is 12.9. The fourth-order valence-corrected chi connectivity index (χ4v) is 11.9. The van der Waals surface area contributed by atoms with Crippen molar-refractivity contribution in [1.29, 1.82) is 0 Å². The summed E-state index contributed by atoms with van der Waals surface area (Å²) < 4.78 is 27.1. The van der Waals surface area contributed by atoms with Gasteiger partial charge in [0.1, 0.15) is 12.2 Å². The highest BCUT2D eigenvalue weighted by Crippen LogP contribution is 2.42. The fourth-order valence-electron chi connectivity index (χ4n) is 5.94. The van der Waals surface area contributed by atoms with E-state index in [-0.39, 0.29) is 29.3 Å². The third-order valence-corrected chi connectivity index (χ3v) is 13.9. The quantitative estimate of drug-likeness (QED) is 0.120. The summed E-state index contributed by atoms with van der Waals surface area (Å²) >= 11 is 2.37. The maximum Gasteiger partial charge on any atom is 0.338 e. The van der Waals surface area contributed by atoms with Gasteiger partial charge in [-0.15, -0.1) is 0 Å². The Morgan fingerprint density at radius 3 is 1.85 bits per heavy atom. The van der Waals surface area contributed by atoms with Crippen LogP contribution < -0.4 is 10.4 Å². The summed E-state index contributed by atoms with van der Waals surface area (Å²) in [5.74, 6) is -0.393. The van der Waals surface area contributed by atoms with Crippen LogP contribution >= 0.6 is 22.6 Å². The van der Waals surface area contributed by atoms with Crippen LogP contribution in [0.4, 0.5) is 0 Å². The lowest BCUT2D eigenvalue weighted by molar-refractivity contribution is -0.235. The molecule has 4 rings (SSSR count). The van der Waals surface area contributed by atoms with Gasteiger partial charge in [0, 0.05) is 17.0 Å². The summed E-state index contributed by atoms with van der Waals surface area (Å²) in [6, 6.07) is 30.2. The summed E-state index contributed by atoms with van der Waals surface area (Å²) in [5.41, 5.74) is 0.115. The number of ether oxygens (including phenoxy) is 3. The minimum Gasteiger partial charge on any atom is -0.453 e. The molecule has 0 N–H and O–H groups in total. The Morgan fingerprint density at radius 1 is 0.900 bits per heavy atom. The molecule has 1 aliphatic rings. The molecule has 3 aromatic carbocycles. The topological polar surface area (TPSA) is 54.0 Å². The Balaban J connectivity index is 1.76. The van der Waals surface area contributed by atoms with Gasteiger partial charge >= 0.3 is 5.97 Å². The molecule has 3 aromatic rings. The minimum atomic E-state index is -2.83. The molecule has 214 valence electrons. The first-order valence-corrected chi connectivity index (χ1v) is 17.2. The van der Waals surface area contributed by atoms with Crippen molar-refractivity contribution in [1.82, 2.24) is 0 Å². The van der Waals surface area contributed by atoms with Gasteiger partial charge in [-0.3, -0.25) is 0 Å². The van der Waals surface area contributed by atoms with Crippen molar-refractivity contribution in [3.63, 3.8) is 0 Å². The number of esters is 1. The number of halogens is 1. The number of methoxy groups -OCH3 is 1. The monoisotopic (exact) mass is 672 g/mol. The molecule has 1 saturated heterocycles. The molecule has 0 spiro atoms. The summed E-state index contributed by atoms with van der Waals surface area (Å²) in [5, 5.41) is 2.19. The van der Waals surface area contributed by atoms with Crippen LogP contribution in [0.1, 0.15) is 45.0 Å². The second-order valence-corrected chi connectivity index (χ2v) is 17.2. The van der Waals surface area contributed by atoms with Crippen molar-refractivity contribution in [2.75, 3.05) is 18.1 Å². The molecule has 1 aliphatic heterocycles. The normalized spacial score (nSPS) is 23.0. The van der Waals surface area contributed by atoms with Gasteiger partial charge in [-0.25, -0.2) is 4.79 Å². The highest BCUT2D eigenvalue weighted by atomic mass is 127. The third-order valence-electron chi connectivity index (χ3n) is 8.09. The fraction of sp³-hybridized carbons (Fsp3) is 0.424. The van der Waals surface area contributed by atoms with Gasteiger partial charge in [0.15, 0.2) is 6.10 Å². The van der Waals surface area contributed by atoms with Crippen molar-refractivity contribution in [3.8, 4) is 0 Å². The summed E-state index contributed by atoms with van der Waals surface area (Å²) in [6.45, 7) is 11.3. The molecule has 1 heterocycles. The molecular weight excluding hydrogens is 631 g/mol. The Hall–Kier alpha value is -2.04. The van der Waals surface area contributed by atoms with Gasteiger partial charge in [-0.05, 0) is 27.5 Å². The maximum atomic E-state index is 13.3. The van der Waals surface area contributed by atoms with Gasteiger partial charge in [0.05, 0.1) is 18.3 Å². The van der Waals surface area contributed by atoms with Crippen LogP contribution in [0.3, 0.4) is 0 Å². The molecule has 0 saturated carbocycles. The molecule has 5 nitrogen and oxygen atoms in total. The van der Waals surface area contributed by atoms with E-state index in [9.17, 15) is 4.79 Å². The molecule has 7 heteroatoms. The minimum absolute atomic E-state index is 0.0996. The molecule has 0 aliphatic carbocycles. The van der Waals surface area contributed by atoms with Gasteiger partial charge in [0.25, 0.3) is 8.32 Å². The third kappa shape index (κ3) is 6.09. The predicted octanol–water partition coefficient (Wildman–Crippen LogP) is 6.03. The van der Waals surface area contributed by atoms with Crippen molar-refractivity contribution < 1.29 is 23.4 Å². The van der Waals surface area contributed by atoms with E-state index >= 15 is 0 Å². The summed E-state index contributed by atoms with van der Waals surface area (Å²) in [4.78, 5) is 13.3. The van der Waals surface area contributed by atoms with E-state index in [1.54, 1.807) is 19.2 Å². The number of hydrogen-bond acceptors (Lipinski definition) is 5. The summed E-state index contributed by atoms with van der Waals surface area (Å²) in [6.07, 6.45) is -1.63. The second-order valence-electron chi connectivity index (χ2n) is 12.0. The SMILES string of the molecule is CO[C@@H]1[C@@H](OC(=O)c2ccccc2)[C@@H](CO[Si](c2ccccc2)(c2ccccc2)C(C)(C)C)O[C@@H](CI)C1(C)C. The number of benzene rings is 3. The maximum absolute atomic E-state index is 13.3. The van der Waals surface area contributed by atoms with Crippen LogP contribution in [0, 0.1) is 5.41 Å². The zero-order chi connectivity index (χ0) is 29.0. The van der Waals surface area contributed by atoms with Gasteiger partial charge in [0.2, 0.25) is 0 Å². The predicted molar refractivity (Wildman–Crippen MR) is 171 cm³/mol. The number of rotatable bonds is 9. The van der Waals surface area contributed by atoms with Crippen molar-refractivity contribution in [3.05, 3.63) is 96.6 Å². The highest BCUT2D eigenvalue weighted by Gasteiger charge is 2.55. The molecule has 0 amide bonds. The zero-order valence-corrected chi connectivity index (χ0v) is 27.5. The number of hydrogen-bond donors (Lipinski definition) is 0. The van der Waals surface area contributed by atoms with E-state index in [1.165, 1.54) is 10.4 Å². The molecule has 4 atom stereocenters. The van der Waals surface area contributed by atoms with Crippen LogP contribution in [0.25, 0.3) is 0 Å². The van der Waals surface area contributed by atoms with Crippen LogP contribution in [0.2, 0.25) is 5.04 Å². The van der Waals surface area contributed by atoms with Crippen molar-refractivity contribution in [2.24, 2.45) is 5.41 Å².